The molecule has 0 saturated heterocycles. The van der Waals surface area contributed by atoms with Crippen molar-refractivity contribution in [3.8, 4) is 0 Å². The fourth-order valence-corrected chi connectivity index (χ4v) is 2.81. The number of nitrogens with one attached hydrogen (secondary N) is 1. The molecule has 122 valence electrons. The van der Waals surface area contributed by atoms with Crippen molar-refractivity contribution in [1.29, 1.82) is 0 Å². The first-order valence-corrected chi connectivity index (χ1v) is 7.60. The second kappa shape index (κ2) is 6.79. The molecular weight excluding hydrogens is 311 g/mol. The first-order valence-electron chi connectivity index (χ1n) is 7.60. The van der Waals surface area contributed by atoms with Crippen molar-refractivity contribution in [3.63, 3.8) is 0 Å². The first kappa shape index (κ1) is 16.1. The standard InChI is InChI=1S/C20H16F3N/c1-2-6-17(24-18-12-11-16(21)19(22)20(18)23)15-10-5-8-13-7-3-4-9-14(13)15/h2-5,7-12,17,24H,1,6H2. The summed E-state index contributed by atoms with van der Waals surface area (Å²) in [7, 11) is 0. The quantitative estimate of drug-likeness (QED) is 0.448. The predicted molar refractivity (Wildman–Crippen MR) is 91.4 cm³/mol. The number of benzene rings is 3. The average molecular weight is 327 g/mol. The van der Waals surface area contributed by atoms with Crippen molar-refractivity contribution in [2.75, 3.05) is 5.32 Å². The molecule has 0 aliphatic carbocycles. The van der Waals surface area contributed by atoms with Crippen LogP contribution in [0.25, 0.3) is 10.8 Å². The highest BCUT2D eigenvalue weighted by Crippen LogP contribution is 2.31. The molecule has 0 saturated carbocycles. The first-order chi connectivity index (χ1) is 11.6. The lowest BCUT2D eigenvalue weighted by molar-refractivity contribution is 0.448. The van der Waals surface area contributed by atoms with Gasteiger partial charge in [-0.2, -0.15) is 0 Å². The van der Waals surface area contributed by atoms with Gasteiger partial charge in [0.15, 0.2) is 17.5 Å². The van der Waals surface area contributed by atoms with Crippen molar-refractivity contribution in [2.45, 2.75) is 12.5 Å². The second-order valence-electron chi connectivity index (χ2n) is 5.51. The van der Waals surface area contributed by atoms with Gasteiger partial charge in [0.2, 0.25) is 0 Å². The maximum absolute atomic E-state index is 14.0. The Bertz CT molecular complexity index is 884. The summed E-state index contributed by atoms with van der Waals surface area (Å²) < 4.78 is 40.6. The fraction of sp³-hybridized carbons (Fsp3) is 0.100. The third-order valence-corrected chi connectivity index (χ3v) is 3.97. The van der Waals surface area contributed by atoms with Crippen molar-refractivity contribution >= 4 is 16.5 Å². The van der Waals surface area contributed by atoms with E-state index in [1.54, 1.807) is 6.08 Å². The van der Waals surface area contributed by atoms with Crippen LogP contribution in [-0.2, 0) is 0 Å². The van der Waals surface area contributed by atoms with Gasteiger partial charge in [-0.3, -0.25) is 0 Å². The molecule has 0 aliphatic rings. The zero-order valence-electron chi connectivity index (χ0n) is 12.9. The SMILES string of the molecule is C=CCC(Nc1ccc(F)c(F)c1F)c1cccc2ccccc12. The topological polar surface area (TPSA) is 12.0 Å². The van der Waals surface area contributed by atoms with Crippen LogP contribution in [0.15, 0.2) is 67.3 Å². The summed E-state index contributed by atoms with van der Waals surface area (Å²) in [5, 5.41) is 5.04. The Morgan fingerprint density at radius 3 is 2.46 bits per heavy atom. The third kappa shape index (κ3) is 3.00. The molecule has 1 atom stereocenters. The monoisotopic (exact) mass is 327 g/mol. The highest BCUT2D eigenvalue weighted by Gasteiger charge is 2.18. The lowest BCUT2D eigenvalue weighted by Crippen LogP contribution is -2.12. The third-order valence-electron chi connectivity index (χ3n) is 3.97. The van der Waals surface area contributed by atoms with Gasteiger partial charge in [-0.25, -0.2) is 13.2 Å². The smallest absolute Gasteiger partial charge is 0.196 e. The summed E-state index contributed by atoms with van der Waals surface area (Å²) in [6.07, 6.45) is 2.21. The zero-order valence-corrected chi connectivity index (χ0v) is 12.9. The van der Waals surface area contributed by atoms with Crippen molar-refractivity contribution in [1.82, 2.24) is 0 Å². The maximum atomic E-state index is 14.0. The Hall–Kier alpha value is -2.75. The van der Waals surface area contributed by atoms with Crippen LogP contribution in [-0.4, -0.2) is 0 Å². The summed E-state index contributed by atoms with van der Waals surface area (Å²) >= 11 is 0. The van der Waals surface area contributed by atoms with Gasteiger partial charge in [0.25, 0.3) is 0 Å². The minimum absolute atomic E-state index is 0.0753. The van der Waals surface area contributed by atoms with Gasteiger partial charge in [0.1, 0.15) is 0 Å². The lowest BCUT2D eigenvalue weighted by Gasteiger charge is -2.21. The highest BCUT2D eigenvalue weighted by molar-refractivity contribution is 5.86. The van der Waals surface area contributed by atoms with Gasteiger partial charge in [-0.05, 0) is 34.9 Å². The normalized spacial score (nSPS) is 12.1. The molecule has 0 aliphatic heterocycles. The molecule has 24 heavy (non-hydrogen) atoms. The van der Waals surface area contributed by atoms with Gasteiger partial charge < -0.3 is 5.32 Å². The van der Waals surface area contributed by atoms with E-state index in [0.717, 1.165) is 22.4 Å². The number of rotatable bonds is 5. The van der Waals surface area contributed by atoms with Gasteiger partial charge in [0.05, 0.1) is 11.7 Å². The number of hydrogen-bond acceptors (Lipinski definition) is 1. The van der Waals surface area contributed by atoms with Gasteiger partial charge >= 0.3 is 0 Å². The van der Waals surface area contributed by atoms with Gasteiger partial charge in [0, 0.05) is 0 Å². The average Bonchev–Trinajstić information content (AvgIpc) is 2.61. The van der Waals surface area contributed by atoms with Crippen LogP contribution in [0.2, 0.25) is 0 Å². The van der Waals surface area contributed by atoms with Gasteiger partial charge in [-0.1, -0.05) is 48.5 Å². The fourth-order valence-electron chi connectivity index (χ4n) is 2.81. The zero-order chi connectivity index (χ0) is 17.1. The molecule has 3 aromatic rings. The van der Waals surface area contributed by atoms with Crippen LogP contribution < -0.4 is 5.32 Å². The lowest BCUT2D eigenvalue weighted by atomic mass is 9.96. The van der Waals surface area contributed by atoms with Crippen molar-refractivity contribution < 1.29 is 13.2 Å². The molecule has 1 unspecified atom stereocenters. The van der Waals surface area contributed by atoms with Crippen LogP contribution >= 0.6 is 0 Å². The minimum atomic E-state index is -1.48. The van der Waals surface area contributed by atoms with E-state index >= 15 is 0 Å². The number of hydrogen-bond donors (Lipinski definition) is 1. The van der Waals surface area contributed by atoms with E-state index in [0.29, 0.717) is 6.42 Å². The maximum Gasteiger partial charge on any atom is 0.196 e. The van der Waals surface area contributed by atoms with Crippen LogP contribution in [0, 0.1) is 17.5 Å². The van der Waals surface area contributed by atoms with Crippen LogP contribution in [0.5, 0.6) is 0 Å². The Kier molecular flexibility index (Phi) is 4.56. The number of halogens is 3. The highest BCUT2D eigenvalue weighted by atomic mass is 19.2. The summed E-state index contributed by atoms with van der Waals surface area (Å²) in [6.45, 7) is 3.73. The Morgan fingerprint density at radius 2 is 1.67 bits per heavy atom. The molecule has 0 radical (unpaired) electrons. The summed E-state index contributed by atoms with van der Waals surface area (Å²) in [5.41, 5.74) is 0.866. The van der Waals surface area contributed by atoms with E-state index in [9.17, 15) is 13.2 Å². The van der Waals surface area contributed by atoms with E-state index < -0.39 is 17.5 Å². The second-order valence-corrected chi connectivity index (χ2v) is 5.51. The Balaban J connectivity index is 2.04. The van der Waals surface area contributed by atoms with E-state index in [2.05, 4.69) is 11.9 Å². The van der Waals surface area contributed by atoms with E-state index in [1.807, 2.05) is 42.5 Å². The van der Waals surface area contributed by atoms with E-state index in [1.165, 1.54) is 6.07 Å². The largest absolute Gasteiger partial charge is 0.375 e. The predicted octanol–water partition coefficient (Wildman–Crippen LogP) is 5.99. The number of fused-ring (bicyclic) bond motifs is 1. The molecule has 0 fully saturated rings. The van der Waals surface area contributed by atoms with Crippen LogP contribution in [0.3, 0.4) is 0 Å². The summed E-state index contributed by atoms with van der Waals surface area (Å²) in [4.78, 5) is 0. The molecule has 0 spiro atoms. The molecule has 3 rings (SSSR count). The minimum Gasteiger partial charge on any atom is -0.375 e. The molecule has 0 amide bonds. The molecule has 1 nitrogen and oxygen atoms in total. The van der Waals surface area contributed by atoms with Crippen LogP contribution in [0.4, 0.5) is 18.9 Å². The molecule has 4 heteroatoms. The summed E-state index contributed by atoms with van der Waals surface area (Å²) in [6, 6.07) is 15.5. The van der Waals surface area contributed by atoms with Crippen LogP contribution in [0.1, 0.15) is 18.0 Å². The van der Waals surface area contributed by atoms with E-state index in [4.69, 9.17) is 0 Å². The molecular formula is C20H16F3N. The summed E-state index contributed by atoms with van der Waals surface area (Å²) in [5.74, 6) is -3.90. The molecule has 3 aromatic carbocycles. The molecule has 0 heterocycles. The number of anilines is 1. The van der Waals surface area contributed by atoms with Crippen molar-refractivity contribution in [2.24, 2.45) is 0 Å². The Labute approximate surface area is 138 Å². The van der Waals surface area contributed by atoms with Gasteiger partial charge in [-0.15, -0.1) is 6.58 Å². The Morgan fingerprint density at radius 1 is 0.917 bits per heavy atom. The molecule has 0 aromatic heterocycles. The molecule has 0 bridgehead atoms. The molecule has 1 N–H and O–H groups in total. The van der Waals surface area contributed by atoms with Crippen molar-refractivity contribution in [3.05, 3.63) is 90.3 Å². The van der Waals surface area contributed by atoms with E-state index in [-0.39, 0.29) is 11.7 Å².